The first-order valence-electron chi connectivity index (χ1n) is 6.41. The third-order valence-electron chi connectivity index (χ3n) is 2.90. The molecule has 0 aromatic heterocycles. The highest BCUT2D eigenvalue weighted by atomic mass is 79.9. The second-order valence-corrected chi connectivity index (χ2v) is 5.28. The quantitative estimate of drug-likeness (QED) is 0.816. The van der Waals surface area contributed by atoms with Crippen molar-refractivity contribution in [3.8, 4) is 5.75 Å². The van der Waals surface area contributed by atoms with Gasteiger partial charge in [-0.2, -0.15) is 0 Å². The third-order valence-corrected chi connectivity index (χ3v) is 3.56. The fraction of sp³-hybridized carbons (Fsp3) is 0.571. The minimum Gasteiger partial charge on any atom is -0.488 e. The summed E-state index contributed by atoms with van der Waals surface area (Å²) in [5.41, 5.74) is 0. The number of ether oxygens (including phenoxy) is 1. The van der Waals surface area contributed by atoms with E-state index in [0.29, 0.717) is 11.8 Å². The average molecular weight is 318 g/mol. The standard InChI is InChI=1S/C14H21BrFNO/c1-4-12(5-2)17-9-10(3)18-14-8-11(16)6-7-13(14)15/h6-8,10,12,17H,4-5,9H2,1-3H3. The molecule has 0 fully saturated rings. The maximum atomic E-state index is 13.1. The van der Waals surface area contributed by atoms with Gasteiger partial charge in [0.15, 0.2) is 0 Å². The SMILES string of the molecule is CCC(CC)NCC(C)Oc1cc(F)ccc1Br. The van der Waals surface area contributed by atoms with Crippen LogP contribution < -0.4 is 10.1 Å². The van der Waals surface area contributed by atoms with Crippen LogP contribution in [0, 0.1) is 5.82 Å². The maximum Gasteiger partial charge on any atom is 0.136 e. The molecule has 0 heterocycles. The van der Waals surface area contributed by atoms with Crippen LogP contribution in [0.4, 0.5) is 4.39 Å². The topological polar surface area (TPSA) is 21.3 Å². The lowest BCUT2D eigenvalue weighted by molar-refractivity contribution is 0.208. The molecular weight excluding hydrogens is 297 g/mol. The molecule has 1 aromatic rings. The van der Waals surface area contributed by atoms with Crippen molar-refractivity contribution in [2.75, 3.05) is 6.54 Å². The zero-order valence-corrected chi connectivity index (χ0v) is 12.8. The van der Waals surface area contributed by atoms with E-state index < -0.39 is 0 Å². The summed E-state index contributed by atoms with van der Waals surface area (Å²) in [5, 5.41) is 3.44. The second kappa shape index (κ2) is 7.74. The molecule has 0 saturated carbocycles. The van der Waals surface area contributed by atoms with Crippen LogP contribution in [-0.4, -0.2) is 18.7 Å². The molecule has 4 heteroatoms. The normalized spacial score (nSPS) is 12.8. The van der Waals surface area contributed by atoms with Gasteiger partial charge in [0.2, 0.25) is 0 Å². The average Bonchev–Trinajstić information content (AvgIpc) is 2.35. The molecule has 0 amide bonds. The molecule has 0 aliphatic heterocycles. The fourth-order valence-electron chi connectivity index (χ4n) is 1.74. The van der Waals surface area contributed by atoms with Crippen LogP contribution in [0.15, 0.2) is 22.7 Å². The minimum atomic E-state index is -0.284. The van der Waals surface area contributed by atoms with Gasteiger partial charge in [0.25, 0.3) is 0 Å². The van der Waals surface area contributed by atoms with E-state index >= 15 is 0 Å². The lowest BCUT2D eigenvalue weighted by Crippen LogP contribution is -2.36. The molecule has 1 rings (SSSR count). The number of benzene rings is 1. The second-order valence-electron chi connectivity index (χ2n) is 4.42. The van der Waals surface area contributed by atoms with Gasteiger partial charge >= 0.3 is 0 Å². The van der Waals surface area contributed by atoms with Gasteiger partial charge in [0.05, 0.1) is 4.47 Å². The van der Waals surface area contributed by atoms with Crippen LogP contribution in [0.25, 0.3) is 0 Å². The van der Waals surface area contributed by atoms with Crippen LogP contribution in [0.2, 0.25) is 0 Å². The Morgan fingerprint density at radius 2 is 2.00 bits per heavy atom. The summed E-state index contributed by atoms with van der Waals surface area (Å²) in [5.74, 6) is 0.266. The van der Waals surface area contributed by atoms with Crippen LogP contribution >= 0.6 is 15.9 Å². The first-order valence-corrected chi connectivity index (χ1v) is 7.21. The molecule has 1 N–H and O–H groups in total. The van der Waals surface area contributed by atoms with Gasteiger partial charge in [0, 0.05) is 18.7 Å². The zero-order valence-electron chi connectivity index (χ0n) is 11.2. The van der Waals surface area contributed by atoms with E-state index in [1.165, 1.54) is 12.1 Å². The molecule has 0 saturated heterocycles. The Kier molecular flexibility index (Phi) is 6.65. The van der Waals surface area contributed by atoms with E-state index in [0.717, 1.165) is 23.9 Å². The molecule has 1 unspecified atom stereocenters. The molecule has 0 bridgehead atoms. The lowest BCUT2D eigenvalue weighted by atomic mass is 10.1. The summed E-state index contributed by atoms with van der Waals surface area (Å²) in [6, 6.07) is 4.99. The summed E-state index contributed by atoms with van der Waals surface area (Å²) in [6.45, 7) is 7.06. The fourth-order valence-corrected chi connectivity index (χ4v) is 2.08. The van der Waals surface area contributed by atoms with Crippen molar-refractivity contribution in [1.29, 1.82) is 0 Å². The molecule has 0 aliphatic carbocycles. The van der Waals surface area contributed by atoms with Gasteiger partial charge in [0.1, 0.15) is 17.7 Å². The Morgan fingerprint density at radius 3 is 2.61 bits per heavy atom. The molecule has 0 aliphatic rings. The Balaban J connectivity index is 2.48. The van der Waals surface area contributed by atoms with E-state index in [1.54, 1.807) is 6.07 Å². The summed E-state index contributed by atoms with van der Waals surface area (Å²) < 4.78 is 19.6. The Labute approximate surface area is 117 Å². The van der Waals surface area contributed by atoms with Crippen LogP contribution in [0.1, 0.15) is 33.6 Å². The van der Waals surface area contributed by atoms with Crippen molar-refractivity contribution >= 4 is 15.9 Å². The van der Waals surface area contributed by atoms with E-state index in [4.69, 9.17) is 4.74 Å². The van der Waals surface area contributed by atoms with Crippen molar-refractivity contribution < 1.29 is 9.13 Å². The number of halogens is 2. The lowest BCUT2D eigenvalue weighted by Gasteiger charge is -2.20. The molecule has 2 nitrogen and oxygen atoms in total. The van der Waals surface area contributed by atoms with Crippen molar-refractivity contribution in [2.24, 2.45) is 0 Å². The molecule has 18 heavy (non-hydrogen) atoms. The van der Waals surface area contributed by atoms with Crippen molar-refractivity contribution in [1.82, 2.24) is 5.32 Å². The van der Waals surface area contributed by atoms with Crippen molar-refractivity contribution in [2.45, 2.75) is 45.8 Å². The summed E-state index contributed by atoms with van der Waals surface area (Å²) >= 11 is 3.35. The highest BCUT2D eigenvalue weighted by Gasteiger charge is 2.10. The molecule has 102 valence electrons. The molecule has 0 radical (unpaired) electrons. The van der Waals surface area contributed by atoms with Crippen LogP contribution in [0.5, 0.6) is 5.75 Å². The highest BCUT2D eigenvalue weighted by Crippen LogP contribution is 2.26. The van der Waals surface area contributed by atoms with Gasteiger partial charge < -0.3 is 10.1 Å². The van der Waals surface area contributed by atoms with Gasteiger partial charge in [-0.3, -0.25) is 0 Å². The summed E-state index contributed by atoms with van der Waals surface area (Å²) in [4.78, 5) is 0. The Bertz CT molecular complexity index is 369. The predicted molar refractivity (Wildman–Crippen MR) is 76.6 cm³/mol. The molecular formula is C14H21BrFNO. The molecule has 0 spiro atoms. The van der Waals surface area contributed by atoms with Gasteiger partial charge in [-0.25, -0.2) is 4.39 Å². The van der Waals surface area contributed by atoms with E-state index in [2.05, 4.69) is 35.1 Å². The maximum absolute atomic E-state index is 13.1. The number of hydrogen-bond donors (Lipinski definition) is 1. The van der Waals surface area contributed by atoms with Crippen molar-refractivity contribution in [3.05, 3.63) is 28.5 Å². The van der Waals surface area contributed by atoms with Crippen molar-refractivity contribution in [3.63, 3.8) is 0 Å². The highest BCUT2D eigenvalue weighted by molar-refractivity contribution is 9.10. The van der Waals surface area contributed by atoms with Gasteiger partial charge in [-0.1, -0.05) is 13.8 Å². The van der Waals surface area contributed by atoms with Gasteiger partial charge in [-0.05, 0) is 47.8 Å². The first kappa shape index (κ1) is 15.4. The third kappa shape index (κ3) is 4.94. The zero-order chi connectivity index (χ0) is 13.5. The summed E-state index contributed by atoms with van der Waals surface area (Å²) in [6.07, 6.45) is 2.21. The number of rotatable bonds is 7. The van der Waals surface area contributed by atoms with Gasteiger partial charge in [-0.15, -0.1) is 0 Å². The number of nitrogens with one attached hydrogen (secondary N) is 1. The predicted octanol–water partition coefficient (Wildman–Crippen LogP) is 4.13. The van der Waals surface area contributed by atoms with E-state index in [9.17, 15) is 4.39 Å². The summed E-state index contributed by atoms with van der Waals surface area (Å²) in [7, 11) is 0. The van der Waals surface area contributed by atoms with E-state index in [1.807, 2.05) is 6.92 Å². The van der Waals surface area contributed by atoms with Crippen LogP contribution in [-0.2, 0) is 0 Å². The minimum absolute atomic E-state index is 0.00343. The Morgan fingerprint density at radius 1 is 1.33 bits per heavy atom. The first-order chi connectivity index (χ1) is 8.56. The Hall–Kier alpha value is -0.610. The number of hydrogen-bond acceptors (Lipinski definition) is 2. The monoisotopic (exact) mass is 317 g/mol. The van der Waals surface area contributed by atoms with E-state index in [-0.39, 0.29) is 11.9 Å². The molecule has 1 atom stereocenters. The molecule has 1 aromatic carbocycles. The smallest absolute Gasteiger partial charge is 0.136 e. The largest absolute Gasteiger partial charge is 0.488 e. The van der Waals surface area contributed by atoms with Crippen LogP contribution in [0.3, 0.4) is 0 Å².